The monoisotopic (exact) mass is 387 g/mol. The number of aliphatic imine (C=N–C) groups is 1. The van der Waals surface area contributed by atoms with E-state index < -0.39 is 0 Å². The van der Waals surface area contributed by atoms with Gasteiger partial charge in [-0.3, -0.25) is 15.7 Å². The molecule has 5 nitrogen and oxygen atoms in total. The molecule has 1 aliphatic carbocycles. The minimum atomic E-state index is -0.000712. The first-order valence-corrected chi connectivity index (χ1v) is 9.94. The Labute approximate surface area is 171 Å². The summed E-state index contributed by atoms with van der Waals surface area (Å²) in [7, 11) is 0. The van der Waals surface area contributed by atoms with Crippen LogP contribution in [0.1, 0.15) is 54.5 Å². The van der Waals surface area contributed by atoms with Crippen LogP contribution in [0.15, 0.2) is 71.9 Å². The Hall–Kier alpha value is -3.18. The van der Waals surface area contributed by atoms with Crippen molar-refractivity contribution in [2.24, 2.45) is 4.99 Å². The fourth-order valence-corrected chi connectivity index (χ4v) is 3.67. The van der Waals surface area contributed by atoms with E-state index in [1.165, 1.54) is 16.7 Å². The standard InChI is InChI=1S/C24H25N3O2/c1-16(2)17-9-12-19(13-10-17)29-24-21(8-5-15-25-24)23(27-28)26-22-14-11-18-6-3-4-7-20(18)22/h3-10,12-13,15-16,22,28H,11,14H2,1-2H3,(H,26,27). The number of benzene rings is 2. The van der Waals surface area contributed by atoms with Crippen LogP contribution >= 0.6 is 0 Å². The average molecular weight is 387 g/mol. The molecule has 1 aromatic heterocycles. The van der Waals surface area contributed by atoms with Crippen LogP contribution in [0.25, 0.3) is 0 Å². The molecule has 0 spiro atoms. The Morgan fingerprint density at radius 2 is 1.90 bits per heavy atom. The molecule has 1 unspecified atom stereocenters. The van der Waals surface area contributed by atoms with Crippen LogP contribution < -0.4 is 10.2 Å². The van der Waals surface area contributed by atoms with Gasteiger partial charge in [-0.1, -0.05) is 50.2 Å². The molecule has 1 atom stereocenters. The molecular weight excluding hydrogens is 362 g/mol. The van der Waals surface area contributed by atoms with Crippen molar-refractivity contribution in [2.45, 2.75) is 38.6 Å². The lowest BCUT2D eigenvalue weighted by molar-refractivity contribution is 0.234. The lowest BCUT2D eigenvalue weighted by atomic mass is 10.0. The number of nitrogens with one attached hydrogen (secondary N) is 1. The molecule has 0 fully saturated rings. The number of amidine groups is 1. The second-order valence-corrected chi connectivity index (χ2v) is 7.52. The molecule has 2 aromatic carbocycles. The number of rotatable bonds is 5. The highest BCUT2D eigenvalue weighted by atomic mass is 16.5. The molecule has 3 aromatic rings. The average Bonchev–Trinajstić information content (AvgIpc) is 3.16. The van der Waals surface area contributed by atoms with Gasteiger partial charge in [0.15, 0.2) is 5.84 Å². The van der Waals surface area contributed by atoms with Gasteiger partial charge in [0, 0.05) is 6.20 Å². The zero-order valence-corrected chi connectivity index (χ0v) is 16.7. The minimum absolute atomic E-state index is 0.000712. The third-order valence-electron chi connectivity index (χ3n) is 5.28. The topological polar surface area (TPSA) is 66.7 Å². The van der Waals surface area contributed by atoms with Gasteiger partial charge in [0.05, 0.1) is 11.6 Å². The van der Waals surface area contributed by atoms with Gasteiger partial charge in [-0.25, -0.2) is 4.98 Å². The predicted octanol–water partition coefficient (Wildman–Crippen LogP) is 5.41. The van der Waals surface area contributed by atoms with E-state index in [1.54, 1.807) is 12.3 Å². The summed E-state index contributed by atoms with van der Waals surface area (Å²) < 4.78 is 6.02. The summed E-state index contributed by atoms with van der Waals surface area (Å²) >= 11 is 0. The Morgan fingerprint density at radius 3 is 2.66 bits per heavy atom. The molecule has 0 radical (unpaired) electrons. The Kier molecular flexibility index (Phi) is 5.58. The number of pyridine rings is 1. The number of hydrogen-bond donors (Lipinski definition) is 2. The number of fused-ring (bicyclic) bond motifs is 1. The van der Waals surface area contributed by atoms with Gasteiger partial charge in [0.25, 0.3) is 0 Å². The third kappa shape index (κ3) is 4.15. The summed E-state index contributed by atoms with van der Waals surface area (Å²) in [6.45, 7) is 4.31. The van der Waals surface area contributed by atoms with E-state index in [-0.39, 0.29) is 6.04 Å². The van der Waals surface area contributed by atoms with Crippen molar-refractivity contribution in [3.63, 3.8) is 0 Å². The fraction of sp³-hybridized carbons (Fsp3) is 0.250. The van der Waals surface area contributed by atoms with Crippen LogP contribution in [0.2, 0.25) is 0 Å². The molecule has 1 heterocycles. The summed E-state index contributed by atoms with van der Waals surface area (Å²) in [4.78, 5) is 9.15. The molecule has 0 amide bonds. The fourth-order valence-electron chi connectivity index (χ4n) is 3.67. The summed E-state index contributed by atoms with van der Waals surface area (Å²) in [5.41, 5.74) is 6.64. The summed E-state index contributed by atoms with van der Waals surface area (Å²) in [6.07, 6.45) is 3.57. The van der Waals surface area contributed by atoms with Gasteiger partial charge in [0.2, 0.25) is 5.88 Å². The molecule has 2 N–H and O–H groups in total. The van der Waals surface area contributed by atoms with Crippen LogP contribution in [-0.2, 0) is 6.42 Å². The first-order chi connectivity index (χ1) is 14.2. The molecule has 4 rings (SSSR count). The second kappa shape index (κ2) is 8.45. The van der Waals surface area contributed by atoms with Crippen LogP contribution in [-0.4, -0.2) is 16.0 Å². The van der Waals surface area contributed by atoms with Gasteiger partial charge in [-0.15, -0.1) is 0 Å². The number of aryl methyl sites for hydroxylation is 1. The number of hydroxylamine groups is 1. The Morgan fingerprint density at radius 1 is 1.10 bits per heavy atom. The van der Waals surface area contributed by atoms with Crippen molar-refractivity contribution in [1.29, 1.82) is 0 Å². The maximum absolute atomic E-state index is 9.81. The highest BCUT2D eigenvalue weighted by molar-refractivity contribution is 6.00. The first kappa shape index (κ1) is 19.2. The zero-order chi connectivity index (χ0) is 20.2. The van der Waals surface area contributed by atoms with Crippen LogP contribution in [0.3, 0.4) is 0 Å². The van der Waals surface area contributed by atoms with E-state index in [0.717, 1.165) is 12.8 Å². The van der Waals surface area contributed by atoms with Crippen LogP contribution in [0.5, 0.6) is 11.6 Å². The molecule has 0 saturated carbocycles. The zero-order valence-electron chi connectivity index (χ0n) is 16.7. The highest BCUT2D eigenvalue weighted by Gasteiger charge is 2.23. The van der Waals surface area contributed by atoms with Crippen LogP contribution in [0, 0.1) is 0 Å². The molecule has 1 aliphatic rings. The molecule has 148 valence electrons. The summed E-state index contributed by atoms with van der Waals surface area (Å²) in [5, 5.41) is 9.81. The molecule has 29 heavy (non-hydrogen) atoms. The maximum Gasteiger partial charge on any atom is 0.230 e. The van der Waals surface area contributed by atoms with E-state index in [9.17, 15) is 5.21 Å². The number of ether oxygens (including phenoxy) is 1. The van der Waals surface area contributed by atoms with E-state index in [4.69, 9.17) is 9.73 Å². The molecule has 5 heteroatoms. The van der Waals surface area contributed by atoms with E-state index in [2.05, 4.69) is 48.6 Å². The van der Waals surface area contributed by atoms with Crippen molar-refractivity contribution in [2.75, 3.05) is 0 Å². The summed E-state index contributed by atoms with van der Waals surface area (Å²) in [6, 6.07) is 19.9. The van der Waals surface area contributed by atoms with Gasteiger partial charge < -0.3 is 4.74 Å². The maximum atomic E-state index is 9.81. The van der Waals surface area contributed by atoms with Crippen molar-refractivity contribution >= 4 is 5.84 Å². The van der Waals surface area contributed by atoms with Crippen molar-refractivity contribution in [3.8, 4) is 11.6 Å². The second-order valence-electron chi connectivity index (χ2n) is 7.52. The lowest BCUT2D eigenvalue weighted by Gasteiger charge is -2.14. The van der Waals surface area contributed by atoms with Gasteiger partial charge >= 0.3 is 0 Å². The quantitative estimate of drug-likeness (QED) is 0.349. The number of hydrogen-bond acceptors (Lipinski definition) is 4. The largest absolute Gasteiger partial charge is 0.438 e. The molecule has 0 saturated heterocycles. The third-order valence-corrected chi connectivity index (χ3v) is 5.28. The summed E-state index contributed by atoms with van der Waals surface area (Å²) in [5.74, 6) is 1.91. The predicted molar refractivity (Wildman–Crippen MR) is 114 cm³/mol. The smallest absolute Gasteiger partial charge is 0.230 e. The van der Waals surface area contributed by atoms with Gasteiger partial charge in [-0.2, -0.15) is 0 Å². The first-order valence-electron chi connectivity index (χ1n) is 9.94. The van der Waals surface area contributed by atoms with Crippen LogP contribution in [0.4, 0.5) is 0 Å². The van der Waals surface area contributed by atoms with Crippen molar-refractivity contribution in [3.05, 3.63) is 89.1 Å². The Bertz CT molecular complexity index is 1010. The highest BCUT2D eigenvalue weighted by Crippen LogP contribution is 2.34. The van der Waals surface area contributed by atoms with E-state index in [0.29, 0.717) is 28.9 Å². The Balaban J connectivity index is 1.63. The molecule has 0 bridgehead atoms. The van der Waals surface area contributed by atoms with Crippen molar-refractivity contribution < 1.29 is 9.94 Å². The molecular formula is C24H25N3O2. The van der Waals surface area contributed by atoms with Crippen molar-refractivity contribution in [1.82, 2.24) is 10.5 Å². The minimum Gasteiger partial charge on any atom is -0.438 e. The van der Waals surface area contributed by atoms with Gasteiger partial charge in [0.1, 0.15) is 5.75 Å². The van der Waals surface area contributed by atoms with E-state index >= 15 is 0 Å². The SMILES string of the molecule is CC(C)c1ccc(Oc2ncccc2C(=NC2CCc3ccccc32)NO)cc1. The lowest BCUT2D eigenvalue weighted by Crippen LogP contribution is -2.22. The normalized spacial score (nSPS) is 16.0. The number of nitrogens with zero attached hydrogens (tertiary/aromatic N) is 2. The van der Waals surface area contributed by atoms with Gasteiger partial charge in [-0.05, 0) is 59.7 Å². The number of aromatic nitrogens is 1. The van der Waals surface area contributed by atoms with E-state index in [1.807, 2.05) is 30.3 Å². The molecule has 0 aliphatic heterocycles.